The maximum Gasteiger partial charge on any atom is 0.237 e. The first-order valence-electron chi connectivity index (χ1n) is 5.52. The maximum atomic E-state index is 11.9. The highest BCUT2D eigenvalue weighted by atomic mass is 32.2. The summed E-state index contributed by atoms with van der Waals surface area (Å²) in [6.45, 7) is 0. The molecular formula is C11H14N2O4S. The molecule has 6 nitrogen and oxygen atoms in total. The lowest BCUT2D eigenvalue weighted by Gasteiger charge is -2.11. The Kier molecular flexibility index (Phi) is 3.51. The number of nitrogens with one attached hydrogen (secondary N) is 1. The first kappa shape index (κ1) is 12.8. The summed E-state index contributed by atoms with van der Waals surface area (Å²) >= 11 is 0. The predicted octanol–water partition coefficient (Wildman–Crippen LogP) is 0.463. The minimum Gasteiger partial charge on any atom is -0.480 e. The molecule has 1 N–H and O–H groups in total. The number of nitrogens with zero attached hydrogens (tertiary/aromatic N) is 1. The van der Waals surface area contributed by atoms with Gasteiger partial charge in [-0.15, -0.1) is 0 Å². The van der Waals surface area contributed by atoms with Gasteiger partial charge in [0.15, 0.2) is 9.84 Å². The van der Waals surface area contributed by atoms with Crippen LogP contribution in [0.1, 0.15) is 6.42 Å². The van der Waals surface area contributed by atoms with E-state index < -0.39 is 15.8 Å². The highest BCUT2D eigenvalue weighted by molar-refractivity contribution is 7.91. The third-order valence-corrected chi connectivity index (χ3v) is 4.59. The number of ether oxygens (including phenoxy) is 1. The molecule has 1 aliphatic rings. The second kappa shape index (κ2) is 4.93. The number of anilines is 1. The first-order valence-corrected chi connectivity index (χ1v) is 7.34. The van der Waals surface area contributed by atoms with Crippen molar-refractivity contribution in [1.82, 2.24) is 4.98 Å². The molecule has 1 fully saturated rings. The number of amides is 1. The number of carbonyl (C=O) groups excluding carboxylic acids is 1. The minimum absolute atomic E-state index is 0.0786. The second-order valence-electron chi connectivity index (χ2n) is 4.15. The lowest BCUT2D eigenvalue weighted by Crippen LogP contribution is -2.24. The van der Waals surface area contributed by atoms with Gasteiger partial charge >= 0.3 is 0 Å². The molecule has 1 aromatic rings. The molecule has 1 atom stereocenters. The van der Waals surface area contributed by atoms with Crippen molar-refractivity contribution in [2.75, 3.05) is 23.9 Å². The van der Waals surface area contributed by atoms with Crippen LogP contribution in [0.3, 0.4) is 0 Å². The molecule has 98 valence electrons. The van der Waals surface area contributed by atoms with Crippen LogP contribution in [0.2, 0.25) is 0 Å². The van der Waals surface area contributed by atoms with E-state index in [2.05, 4.69) is 10.3 Å². The minimum atomic E-state index is -3.06. The molecule has 2 rings (SSSR count). The Morgan fingerprint density at radius 2 is 2.33 bits per heavy atom. The fourth-order valence-corrected chi connectivity index (χ4v) is 3.63. The van der Waals surface area contributed by atoms with Crippen molar-refractivity contribution in [2.24, 2.45) is 5.92 Å². The highest BCUT2D eigenvalue weighted by Gasteiger charge is 2.33. The van der Waals surface area contributed by atoms with E-state index in [1.54, 1.807) is 18.3 Å². The largest absolute Gasteiger partial charge is 0.480 e. The van der Waals surface area contributed by atoms with E-state index >= 15 is 0 Å². The number of methoxy groups -OCH3 is 1. The van der Waals surface area contributed by atoms with Gasteiger partial charge in [0.05, 0.1) is 24.5 Å². The molecule has 0 spiro atoms. The van der Waals surface area contributed by atoms with Crippen LogP contribution in [0.5, 0.6) is 5.88 Å². The van der Waals surface area contributed by atoms with Gasteiger partial charge in [-0.3, -0.25) is 4.79 Å². The monoisotopic (exact) mass is 270 g/mol. The second-order valence-corrected chi connectivity index (χ2v) is 6.38. The van der Waals surface area contributed by atoms with E-state index in [0.29, 0.717) is 18.0 Å². The summed E-state index contributed by atoms with van der Waals surface area (Å²) in [5.74, 6) is -0.481. The normalized spacial score (nSPS) is 21.5. The lowest BCUT2D eigenvalue weighted by atomic mass is 10.1. The molecule has 0 aliphatic carbocycles. The van der Waals surface area contributed by atoms with Crippen LogP contribution in [0.15, 0.2) is 18.3 Å². The van der Waals surface area contributed by atoms with E-state index in [4.69, 9.17) is 4.74 Å². The van der Waals surface area contributed by atoms with Gasteiger partial charge in [0.1, 0.15) is 5.69 Å². The SMILES string of the molecule is COc1ncccc1NC(=O)[C@@H]1CCS(=O)(=O)C1. The Balaban J connectivity index is 2.08. The standard InChI is InChI=1S/C11H14N2O4S/c1-17-11-9(3-2-5-12-11)13-10(14)8-4-6-18(15,16)7-8/h2-3,5,8H,4,6-7H2,1H3,(H,13,14)/t8-/m1/s1. The molecule has 0 unspecified atom stereocenters. The zero-order valence-corrected chi connectivity index (χ0v) is 10.7. The number of hydrogen-bond donors (Lipinski definition) is 1. The zero-order valence-electron chi connectivity index (χ0n) is 9.92. The average Bonchev–Trinajstić information content (AvgIpc) is 2.70. The third kappa shape index (κ3) is 2.79. The van der Waals surface area contributed by atoms with Crippen molar-refractivity contribution in [3.05, 3.63) is 18.3 Å². The summed E-state index contributed by atoms with van der Waals surface area (Å²) in [4.78, 5) is 15.9. The van der Waals surface area contributed by atoms with E-state index in [9.17, 15) is 13.2 Å². The number of pyridine rings is 1. The summed E-state index contributed by atoms with van der Waals surface area (Å²) < 4.78 is 27.6. The Morgan fingerprint density at radius 3 is 2.94 bits per heavy atom. The van der Waals surface area contributed by atoms with Crippen LogP contribution >= 0.6 is 0 Å². The molecule has 1 amide bonds. The van der Waals surface area contributed by atoms with Gasteiger partial charge in [-0.05, 0) is 18.6 Å². The van der Waals surface area contributed by atoms with Crippen molar-refractivity contribution in [1.29, 1.82) is 0 Å². The van der Waals surface area contributed by atoms with Crippen LogP contribution in [-0.4, -0.2) is 37.9 Å². The van der Waals surface area contributed by atoms with E-state index in [-0.39, 0.29) is 17.4 Å². The van der Waals surface area contributed by atoms with Crippen molar-refractivity contribution >= 4 is 21.4 Å². The van der Waals surface area contributed by atoms with Crippen LogP contribution in [0.25, 0.3) is 0 Å². The van der Waals surface area contributed by atoms with Gasteiger partial charge in [0, 0.05) is 6.20 Å². The summed E-state index contributed by atoms with van der Waals surface area (Å²) in [5, 5.41) is 2.65. The summed E-state index contributed by atoms with van der Waals surface area (Å²) in [5.41, 5.74) is 0.453. The van der Waals surface area contributed by atoms with Crippen molar-refractivity contribution in [2.45, 2.75) is 6.42 Å². The molecule has 1 aromatic heterocycles. The van der Waals surface area contributed by atoms with Gasteiger partial charge in [0.2, 0.25) is 11.8 Å². The topological polar surface area (TPSA) is 85.4 Å². The number of sulfone groups is 1. The summed E-state index contributed by atoms with van der Waals surface area (Å²) in [7, 11) is -1.60. The zero-order chi connectivity index (χ0) is 13.2. The number of aromatic nitrogens is 1. The number of carbonyl (C=O) groups is 1. The molecular weight excluding hydrogens is 256 g/mol. The fourth-order valence-electron chi connectivity index (χ4n) is 1.89. The quantitative estimate of drug-likeness (QED) is 0.862. The predicted molar refractivity (Wildman–Crippen MR) is 66.2 cm³/mol. The van der Waals surface area contributed by atoms with Crippen LogP contribution in [0, 0.1) is 5.92 Å². The molecule has 0 radical (unpaired) electrons. The molecule has 1 aliphatic heterocycles. The van der Waals surface area contributed by atoms with Gasteiger partial charge in [0.25, 0.3) is 0 Å². The number of hydrogen-bond acceptors (Lipinski definition) is 5. The molecule has 1 saturated heterocycles. The van der Waals surface area contributed by atoms with Crippen molar-refractivity contribution in [3.63, 3.8) is 0 Å². The van der Waals surface area contributed by atoms with Crippen molar-refractivity contribution < 1.29 is 17.9 Å². The average molecular weight is 270 g/mol. The Morgan fingerprint density at radius 1 is 1.56 bits per heavy atom. The molecule has 0 bridgehead atoms. The maximum absolute atomic E-state index is 11.9. The third-order valence-electron chi connectivity index (χ3n) is 2.83. The van der Waals surface area contributed by atoms with Gasteiger partial charge in [-0.1, -0.05) is 0 Å². The molecule has 0 saturated carbocycles. The van der Waals surface area contributed by atoms with Crippen LogP contribution in [-0.2, 0) is 14.6 Å². The first-order chi connectivity index (χ1) is 8.52. The van der Waals surface area contributed by atoms with Crippen LogP contribution < -0.4 is 10.1 Å². The van der Waals surface area contributed by atoms with E-state index in [1.807, 2.05) is 0 Å². The smallest absolute Gasteiger partial charge is 0.237 e. The molecule has 2 heterocycles. The van der Waals surface area contributed by atoms with E-state index in [1.165, 1.54) is 7.11 Å². The highest BCUT2D eigenvalue weighted by Crippen LogP contribution is 2.24. The molecule has 7 heteroatoms. The van der Waals surface area contributed by atoms with Gasteiger partial charge in [-0.2, -0.15) is 0 Å². The Labute approximate surface area is 105 Å². The van der Waals surface area contributed by atoms with Gasteiger partial charge in [-0.25, -0.2) is 13.4 Å². The Bertz CT molecular complexity index is 556. The molecule has 0 aromatic carbocycles. The van der Waals surface area contributed by atoms with Crippen molar-refractivity contribution in [3.8, 4) is 5.88 Å². The van der Waals surface area contributed by atoms with Gasteiger partial charge < -0.3 is 10.1 Å². The fraction of sp³-hybridized carbons (Fsp3) is 0.455. The lowest BCUT2D eigenvalue weighted by molar-refractivity contribution is -0.119. The summed E-state index contributed by atoms with van der Waals surface area (Å²) in [6.07, 6.45) is 1.92. The van der Waals surface area contributed by atoms with Crippen LogP contribution in [0.4, 0.5) is 5.69 Å². The Hall–Kier alpha value is -1.63. The number of rotatable bonds is 3. The summed E-state index contributed by atoms with van der Waals surface area (Å²) in [6, 6.07) is 3.33. The molecule has 18 heavy (non-hydrogen) atoms. The van der Waals surface area contributed by atoms with E-state index in [0.717, 1.165) is 0 Å².